The van der Waals surface area contributed by atoms with E-state index >= 15 is 0 Å². The van der Waals surface area contributed by atoms with E-state index in [-0.39, 0.29) is 6.04 Å². The van der Waals surface area contributed by atoms with Gasteiger partial charge >= 0.3 is 0 Å². The summed E-state index contributed by atoms with van der Waals surface area (Å²) >= 11 is 1.74. The van der Waals surface area contributed by atoms with Crippen LogP contribution in [-0.2, 0) is 13.5 Å². The van der Waals surface area contributed by atoms with Crippen LogP contribution in [0.2, 0.25) is 0 Å². The Bertz CT molecular complexity index is 459. The van der Waals surface area contributed by atoms with Crippen molar-refractivity contribution in [3.63, 3.8) is 0 Å². The molecule has 0 aromatic carbocycles. The first kappa shape index (κ1) is 12.3. The van der Waals surface area contributed by atoms with Crippen molar-refractivity contribution < 1.29 is 0 Å². The number of nitrogens with zero attached hydrogens (tertiary/aromatic N) is 2. The molecular weight excluding hydrogens is 230 g/mol. The Kier molecular flexibility index (Phi) is 3.97. The van der Waals surface area contributed by atoms with Crippen LogP contribution in [-0.4, -0.2) is 16.3 Å². The minimum absolute atomic E-state index is 0.254. The SMILES string of the molecule is CCNC(c1ccsc1)c1cc(CC)nn1C. The number of thiophene rings is 1. The zero-order chi connectivity index (χ0) is 12.3. The van der Waals surface area contributed by atoms with Gasteiger partial charge < -0.3 is 5.32 Å². The van der Waals surface area contributed by atoms with E-state index in [0.29, 0.717) is 0 Å². The summed E-state index contributed by atoms with van der Waals surface area (Å²) in [4.78, 5) is 0. The molecule has 1 atom stereocenters. The molecule has 0 aliphatic heterocycles. The lowest BCUT2D eigenvalue weighted by Crippen LogP contribution is -2.23. The Morgan fingerprint density at radius 2 is 2.29 bits per heavy atom. The molecule has 92 valence electrons. The highest BCUT2D eigenvalue weighted by Gasteiger charge is 2.17. The highest BCUT2D eigenvalue weighted by atomic mass is 32.1. The van der Waals surface area contributed by atoms with Crippen LogP contribution < -0.4 is 5.32 Å². The molecule has 0 fully saturated rings. The van der Waals surface area contributed by atoms with Crippen LogP contribution in [0, 0.1) is 0 Å². The first-order valence-corrected chi connectivity index (χ1v) is 6.98. The minimum atomic E-state index is 0.254. The molecule has 1 N–H and O–H groups in total. The Balaban J connectivity index is 2.35. The molecule has 17 heavy (non-hydrogen) atoms. The number of hydrogen-bond donors (Lipinski definition) is 1. The maximum absolute atomic E-state index is 4.52. The number of rotatable bonds is 5. The van der Waals surface area contributed by atoms with E-state index in [0.717, 1.165) is 18.7 Å². The molecular formula is C13H19N3S. The molecule has 2 heterocycles. The topological polar surface area (TPSA) is 29.9 Å². The molecule has 2 aromatic rings. The van der Waals surface area contributed by atoms with Gasteiger partial charge in [-0.2, -0.15) is 16.4 Å². The predicted octanol–water partition coefficient (Wildman–Crippen LogP) is 2.74. The largest absolute Gasteiger partial charge is 0.305 e. The molecule has 0 saturated heterocycles. The van der Waals surface area contributed by atoms with Gasteiger partial charge in [0.05, 0.1) is 17.4 Å². The summed E-state index contributed by atoms with van der Waals surface area (Å²) < 4.78 is 1.99. The van der Waals surface area contributed by atoms with E-state index in [9.17, 15) is 0 Å². The van der Waals surface area contributed by atoms with Crippen molar-refractivity contribution in [1.82, 2.24) is 15.1 Å². The molecule has 0 bridgehead atoms. The van der Waals surface area contributed by atoms with Crippen LogP contribution in [0.3, 0.4) is 0 Å². The number of nitrogens with one attached hydrogen (secondary N) is 1. The summed E-state index contributed by atoms with van der Waals surface area (Å²) in [6.07, 6.45) is 0.982. The third-order valence-corrected chi connectivity index (χ3v) is 3.61. The molecule has 0 spiro atoms. The van der Waals surface area contributed by atoms with Crippen molar-refractivity contribution in [2.24, 2.45) is 7.05 Å². The molecule has 3 nitrogen and oxygen atoms in total. The Morgan fingerprint density at radius 3 is 2.82 bits per heavy atom. The smallest absolute Gasteiger partial charge is 0.0756 e. The standard InChI is InChI=1S/C13H19N3S/c1-4-11-8-12(16(3)15-11)13(14-5-2)10-6-7-17-9-10/h6-9,13-14H,4-5H2,1-3H3. The van der Waals surface area contributed by atoms with Gasteiger partial charge in [0.25, 0.3) is 0 Å². The van der Waals surface area contributed by atoms with Gasteiger partial charge in [-0.3, -0.25) is 4.68 Å². The van der Waals surface area contributed by atoms with Gasteiger partial charge in [0.15, 0.2) is 0 Å². The number of hydrogen-bond acceptors (Lipinski definition) is 3. The first-order valence-electron chi connectivity index (χ1n) is 6.04. The molecule has 2 rings (SSSR count). The van der Waals surface area contributed by atoms with Crippen LogP contribution in [0.25, 0.3) is 0 Å². The zero-order valence-corrected chi connectivity index (χ0v) is 11.4. The van der Waals surface area contributed by atoms with E-state index in [4.69, 9.17) is 0 Å². The average molecular weight is 249 g/mol. The lowest BCUT2D eigenvalue weighted by molar-refractivity contribution is 0.572. The Hall–Kier alpha value is -1.13. The first-order chi connectivity index (χ1) is 8.26. The van der Waals surface area contributed by atoms with E-state index in [2.05, 4.69) is 47.2 Å². The van der Waals surface area contributed by atoms with Crippen LogP contribution in [0.5, 0.6) is 0 Å². The van der Waals surface area contributed by atoms with Crippen LogP contribution in [0.1, 0.15) is 36.8 Å². The fraction of sp³-hybridized carbons (Fsp3) is 0.462. The summed E-state index contributed by atoms with van der Waals surface area (Å²) in [5, 5.41) is 12.4. The molecule has 0 aliphatic carbocycles. The summed E-state index contributed by atoms with van der Waals surface area (Å²) in [6, 6.07) is 4.63. The third kappa shape index (κ3) is 2.58. The Labute approximate surface area is 106 Å². The van der Waals surface area contributed by atoms with E-state index in [1.807, 2.05) is 11.7 Å². The second-order valence-electron chi connectivity index (χ2n) is 4.09. The summed E-state index contributed by atoms with van der Waals surface area (Å²) in [7, 11) is 2.02. The van der Waals surface area contributed by atoms with Crippen LogP contribution >= 0.6 is 11.3 Å². The molecule has 0 aliphatic rings. The molecule has 2 aromatic heterocycles. The molecule has 4 heteroatoms. The summed E-state index contributed by atoms with van der Waals surface area (Å²) in [5.74, 6) is 0. The summed E-state index contributed by atoms with van der Waals surface area (Å²) in [5.41, 5.74) is 3.71. The van der Waals surface area contributed by atoms with Crippen molar-refractivity contribution >= 4 is 11.3 Å². The Morgan fingerprint density at radius 1 is 1.47 bits per heavy atom. The van der Waals surface area contributed by atoms with E-state index < -0.39 is 0 Å². The van der Waals surface area contributed by atoms with E-state index in [1.165, 1.54) is 11.3 Å². The van der Waals surface area contributed by atoms with Crippen molar-refractivity contribution in [3.05, 3.63) is 39.8 Å². The summed E-state index contributed by atoms with van der Waals surface area (Å²) in [6.45, 7) is 5.22. The normalized spacial score (nSPS) is 12.9. The maximum Gasteiger partial charge on any atom is 0.0756 e. The van der Waals surface area contributed by atoms with Gasteiger partial charge in [-0.25, -0.2) is 0 Å². The van der Waals surface area contributed by atoms with Crippen molar-refractivity contribution in [3.8, 4) is 0 Å². The van der Waals surface area contributed by atoms with Gasteiger partial charge in [-0.1, -0.05) is 13.8 Å². The van der Waals surface area contributed by atoms with Crippen molar-refractivity contribution in [2.75, 3.05) is 6.54 Å². The fourth-order valence-corrected chi connectivity index (χ4v) is 2.71. The number of aryl methyl sites for hydroxylation is 2. The quantitative estimate of drug-likeness (QED) is 0.883. The van der Waals surface area contributed by atoms with Crippen LogP contribution in [0.15, 0.2) is 22.9 Å². The highest BCUT2D eigenvalue weighted by molar-refractivity contribution is 7.08. The molecule has 1 unspecified atom stereocenters. The molecule has 0 radical (unpaired) electrons. The second kappa shape index (κ2) is 5.47. The monoisotopic (exact) mass is 249 g/mol. The molecule has 0 amide bonds. The van der Waals surface area contributed by atoms with Gasteiger partial charge in [0.1, 0.15) is 0 Å². The highest BCUT2D eigenvalue weighted by Crippen LogP contribution is 2.24. The lowest BCUT2D eigenvalue weighted by atomic mass is 10.1. The lowest BCUT2D eigenvalue weighted by Gasteiger charge is -2.16. The minimum Gasteiger partial charge on any atom is -0.305 e. The zero-order valence-electron chi connectivity index (χ0n) is 10.6. The van der Waals surface area contributed by atoms with Crippen molar-refractivity contribution in [2.45, 2.75) is 26.3 Å². The van der Waals surface area contributed by atoms with Gasteiger partial charge in [0, 0.05) is 7.05 Å². The van der Waals surface area contributed by atoms with E-state index in [1.54, 1.807) is 11.3 Å². The number of aromatic nitrogens is 2. The molecule has 0 saturated carbocycles. The third-order valence-electron chi connectivity index (χ3n) is 2.91. The van der Waals surface area contributed by atoms with Crippen LogP contribution in [0.4, 0.5) is 0 Å². The van der Waals surface area contributed by atoms with Gasteiger partial charge in [-0.05, 0) is 41.4 Å². The maximum atomic E-state index is 4.52. The second-order valence-corrected chi connectivity index (χ2v) is 4.87. The predicted molar refractivity (Wildman–Crippen MR) is 72.4 cm³/mol. The fourth-order valence-electron chi connectivity index (χ4n) is 2.02. The van der Waals surface area contributed by atoms with Crippen molar-refractivity contribution in [1.29, 1.82) is 0 Å². The average Bonchev–Trinajstić information content (AvgIpc) is 2.95. The van der Waals surface area contributed by atoms with Gasteiger partial charge in [-0.15, -0.1) is 0 Å². The van der Waals surface area contributed by atoms with Gasteiger partial charge in [0.2, 0.25) is 0 Å².